The summed E-state index contributed by atoms with van der Waals surface area (Å²) in [4.78, 5) is 17.8. The summed E-state index contributed by atoms with van der Waals surface area (Å²) in [7, 11) is 6.41. The average molecular weight is 241 g/mol. The van der Waals surface area contributed by atoms with Crippen LogP contribution in [0, 0.1) is 0 Å². The maximum Gasteiger partial charge on any atom is 0.249 e. The summed E-state index contributed by atoms with van der Waals surface area (Å²) in [5.74, 6) is 0.190. The lowest BCUT2D eigenvalue weighted by molar-refractivity contribution is -0.873. The molecule has 1 atom stereocenters. The molecule has 0 aromatic heterocycles. The second-order valence-corrected chi connectivity index (χ2v) is 6.42. The Bertz CT molecular complexity index is 280. The van der Waals surface area contributed by atoms with Gasteiger partial charge in [0.25, 0.3) is 0 Å². The van der Waals surface area contributed by atoms with E-state index in [9.17, 15) is 4.79 Å². The Kier molecular flexibility index (Phi) is 3.73. The molecule has 1 saturated heterocycles. The lowest BCUT2D eigenvalue weighted by atomic mass is 9.95. The second-order valence-electron chi connectivity index (χ2n) is 6.42. The van der Waals surface area contributed by atoms with Crippen molar-refractivity contribution in [3.63, 3.8) is 0 Å². The molecule has 0 spiro atoms. The van der Waals surface area contributed by atoms with Gasteiger partial charge in [0, 0.05) is 0 Å². The summed E-state index contributed by atoms with van der Waals surface area (Å²) in [5.41, 5.74) is 0. The highest BCUT2D eigenvalue weighted by molar-refractivity contribution is 5.77. The average Bonchev–Trinajstić information content (AvgIpc) is 2.58. The van der Waals surface area contributed by atoms with E-state index in [4.69, 9.17) is 4.84 Å². The Labute approximate surface area is 104 Å². The molecule has 0 radical (unpaired) electrons. The molecule has 0 N–H and O–H groups in total. The molecule has 2 aliphatic rings. The van der Waals surface area contributed by atoms with E-state index in [0.717, 1.165) is 23.9 Å². The van der Waals surface area contributed by atoms with E-state index in [1.54, 1.807) is 5.06 Å². The van der Waals surface area contributed by atoms with Gasteiger partial charge in [0.1, 0.15) is 12.6 Å². The molecule has 4 nitrogen and oxygen atoms in total. The van der Waals surface area contributed by atoms with Crippen LogP contribution in [0.3, 0.4) is 0 Å². The monoisotopic (exact) mass is 241 g/mol. The normalized spacial score (nSPS) is 27.8. The third kappa shape index (κ3) is 3.42. The smallest absolute Gasteiger partial charge is 0.249 e. The first kappa shape index (κ1) is 12.8. The van der Waals surface area contributed by atoms with E-state index in [1.165, 1.54) is 19.3 Å². The number of carbonyl (C=O) groups is 1. The molecular weight excluding hydrogens is 216 g/mol. The fourth-order valence-corrected chi connectivity index (χ4v) is 2.86. The van der Waals surface area contributed by atoms with Gasteiger partial charge in [0.15, 0.2) is 0 Å². The Balaban J connectivity index is 1.90. The minimum atomic E-state index is 0.0735. The topological polar surface area (TPSA) is 29.5 Å². The van der Waals surface area contributed by atoms with Gasteiger partial charge in [-0.25, -0.2) is 5.06 Å². The summed E-state index contributed by atoms with van der Waals surface area (Å²) < 4.78 is 0.844. The van der Waals surface area contributed by atoms with Crippen LogP contribution in [0.5, 0.6) is 0 Å². The minimum Gasteiger partial charge on any atom is -0.329 e. The first-order valence-corrected chi connectivity index (χ1v) is 6.75. The van der Waals surface area contributed by atoms with Crippen molar-refractivity contribution in [2.24, 2.45) is 0 Å². The summed E-state index contributed by atoms with van der Waals surface area (Å²) in [5, 5.41) is 1.69. The van der Waals surface area contributed by atoms with E-state index in [0.29, 0.717) is 12.5 Å². The third-order valence-corrected chi connectivity index (χ3v) is 3.57. The Morgan fingerprint density at radius 3 is 2.47 bits per heavy atom. The van der Waals surface area contributed by atoms with Crippen LogP contribution in [0.4, 0.5) is 0 Å². The van der Waals surface area contributed by atoms with Crippen LogP contribution in [0.25, 0.3) is 0 Å². The summed E-state index contributed by atoms with van der Waals surface area (Å²) in [6.07, 6.45) is 6.64. The van der Waals surface area contributed by atoms with Gasteiger partial charge in [-0.1, -0.05) is 19.3 Å². The lowest BCUT2D eigenvalue weighted by Gasteiger charge is -2.31. The number of amides is 1. The Hall–Kier alpha value is -0.610. The van der Waals surface area contributed by atoms with Crippen LogP contribution in [-0.4, -0.2) is 55.3 Å². The zero-order valence-electron chi connectivity index (χ0n) is 11.3. The number of rotatable bonds is 3. The van der Waals surface area contributed by atoms with Crippen LogP contribution < -0.4 is 0 Å². The minimum absolute atomic E-state index is 0.0735. The molecule has 4 heteroatoms. The number of likely N-dealkylation sites (N-methyl/N-ethyl adjacent to an activating group) is 1. The van der Waals surface area contributed by atoms with Gasteiger partial charge in [-0.2, -0.15) is 0 Å². The van der Waals surface area contributed by atoms with E-state index in [2.05, 4.69) is 21.1 Å². The molecule has 0 aromatic rings. The van der Waals surface area contributed by atoms with Gasteiger partial charge in [0.05, 0.1) is 33.6 Å². The summed E-state index contributed by atoms with van der Waals surface area (Å²) in [6.45, 7) is 0.898. The molecule has 2 rings (SSSR count). The van der Waals surface area contributed by atoms with Crippen LogP contribution >= 0.6 is 0 Å². The molecular formula is C13H25N2O2+. The Morgan fingerprint density at radius 2 is 1.88 bits per heavy atom. The fourth-order valence-electron chi connectivity index (χ4n) is 2.86. The SMILES string of the molecule is C[N+](C)(C)C[C@@H]1CC(=O)N(C2CCCCC2)O1. The molecule has 0 unspecified atom stereocenters. The van der Waals surface area contributed by atoms with Crippen LogP contribution in [0.1, 0.15) is 38.5 Å². The molecule has 2 fully saturated rings. The van der Waals surface area contributed by atoms with Crippen molar-refractivity contribution in [1.82, 2.24) is 5.06 Å². The number of hydrogen-bond donors (Lipinski definition) is 0. The summed E-state index contributed by atoms with van der Waals surface area (Å²) >= 11 is 0. The van der Waals surface area contributed by atoms with Crippen molar-refractivity contribution in [3.05, 3.63) is 0 Å². The first-order valence-electron chi connectivity index (χ1n) is 6.75. The molecule has 0 aromatic carbocycles. The molecule has 1 amide bonds. The lowest BCUT2D eigenvalue weighted by Crippen LogP contribution is -2.42. The van der Waals surface area contributed by atoms with Gasteiger partial charge >= 0.3 is 0 Å². The van der Waals surface area contributed by atoms with Crippen molar-refractivity contribution in [1.29, 1.82) is 0 Å². The van der Waals surface area contributed by atoms with Crippen molar-refractivity contribution >= 4 is 5.91 Å². The zero-order valence-corrected chi connectivity index (χ0v) is 11.3. The summed E-state index contributed by atoms with van der Waals surface area (Å²) in [6, 6.07) is 0.341. The molecule has 1 heterocycles. The number of hydrogen-bond acceptors (Lipinski definition) is 2. The van der Waals surface area contributed by atoms with E-state index in [1.807, 2.05) is 0 Å². The van der Waals surface area contributed by atoms with Crippen LogP contribution in [0.15, 0.2) is 0 Å². The van der Waals surface area contributed by atoms with Crippen LogP contribution in [0.2, 0.25) is 0 Å². The van der Waals surface area contributed by atoms with Crippen LogP contribution in [-0.2, 0) is 9.63 Å². The Morgan fingerprint density at radius 1 is 1.24 bits per heavy atom. The highest BCUT2D eigenvalue weighted by Gasteiger charge is 2.38. The largest absolute Gasteiger partial charge is 0.329 e. The molecule has 17 heavy (non-hydrogen) atoms. The highest BCUT2D eigenvalue weighted by atomic mass is 16.7. The van der Waals surface area contributed by atoms with Gasteiger partial charge in [-0.15, -0.1) is 0 Å². The maximum atomic E-state index is 12.0. The van der Waals surface area contributed by atoms with Gasteiger partial charge in [-0.3, -0.25) is 9.63 Å². The molecule has 98 valence electrons. The highest BCUT2D eigenvalue weighted by Crippen LogP contribution is 2.28. The zero-order chi connectivity index (χ0) is 12.5. The van der Waals surface area contributed by atoms with E-state index in [-0.39, 0.29) is 12.0 Å². The second kappa shape index (κ2) is 4.94. The van der Waals surface area contributed by atoms with Crippen molar-refractivity contribution in [3.8, 4) is 0 Å². The first-order chi connectivity index (χ1) is 7.96. The molecule has 1 aliphatic carbocycles. The third-order valence-electron chi connectivity index (χ3n) is 3.57. The van der Waals surface area contributed by atoms with E-state index < -0.39 is 0 Å². The predicted molar refractivity (Wildman–Crippen MR) is 66.1 cm³/mol. The number of quaternary nitrogens is 1. The number of nitrogens with zero attached hydrogens (tertiary/aromatic N) is 2. The van der Waals surface area contributed by atoms with Gasteiger partial charge < -0.3 is 4.48 Å². The number of carbonyl (C=O) groups excluding carboxylic acids is 1. The van der Waals surface area contributed by atoms with Crippen molar-refractivity contribution in [2.75, 3.05) is 27.7 Å². The van der Waals surface area contributed by atoms with Gasteiger partial charge in [0.2, 0.25) is 5.91 Å². The van der Waals surface area contributed by atoms with Crippen molar-refractivity contribution in [2.45, 2.75) is 50.7 Å². The van der Waals surface area contributed by atoms with E-state index >= 15 is 0 Å². The number of hydroxylamine groups is 2. The van der Waals surface area contributed by atoms with Gasteiger partial charge in [-0.05, 0) is 12.8 Å². The molecule has 1 aliphatic heterocycles. The molecule has 1 saturated carbocycles. The predicted octanol–water partition coefficient (Wildman–Crippen LogP) is 1.56. The fraction of sp³-hybridized carbons (Fsp3) is 0.923. The van der Waals surface area contributed by atoms with Crippen molar-refractivity contribution < 1.29 is 14.1 Å². The quantitative estimate of drug-likeness (QED) is 0.702. The molecule has 0 bridgehead atoms. The maximum absolute atomic E-state index is 12.0. The standard InChI is InChI=1S/C13H25N2O2/c1-15(2,3)10-12-9-13(16)14(17-12)11-7-5-4-6-8-11/h11-12H,4-10H2,1-3H3/q+1/t12-/m0/s1.